The zero-order valence-electron chi connectivity index (χ0n) is 16.7. The lowest BCUT2D eigenvalue weighted by atomic mass is 10.2. The van der Waals surface area contributed by atoms with Gasteiger partial charge in [-0.2, -0.15) is 0 Å². The third kappa shape index (κ3) is 5.50. The zero-order valence-corrected chi connectivity index (χ0v) is 18.2. The van der Waals surface area contributed by atoms with Crippen LogP contribution in [0.25, 0.3) is 0 Å². The maximum Gasteiger partial charge on any atom is 0.246 e. The van der Waals surface area contributed by atoms with Gasteiger partial charge >= 0.3 is 0 Å². The van der Waals surface area contributed by atoms with E-state index in [1.165, 1.54) is 9.87 Å². The van der Waals surface area contributed by atoms with Crippen LogP contribution in [-0.4, -0.2) is 62.6 Å². The van der Waals surface area contributed by atoms with Crippen LogP contribution in [0.15, 0.2) is 54.6 Å². The average molecular weight is 436 g/mol. The summed E-state index contributed by atoms with van der Waals surface area (Å²) in [6.45, 7) is 5.15. The SMILES string of the molecule is CC(C(=O)N1CCN(Cc2ccccc2)CC1)N(c1ccc(Cl)cc1)S(C)(=O)=O. The summed E-state index contributed by atoms with van der Waals surface area (Å²) in [5.41, 5.74) is 1.67. The first kappa shape index (κ1) is 21.6. The van der Waals surface area contributed by atoms with Crippen LogP contribution in [0.1, 0.15) is 12.5 Å². The lowest BCUT2D eigenvalue weighted by molar-refractivity contribution is -0.133. The standard InChI is InChI=1S/C21H26ClN3O3S/c1-17(25(29(2,27)28)20-10-8-19(22)9-11-20)21(26)24-14-12-23(13-15-24)16-18-6-4-3-5-7-18/h3-11,17H,12-16H2,1-2H3. The van der Waals surface area contributed by atoms with E-state index in [4.69, 9.17) is 11.6 Å². The summed E-state index contributed by atoms with van der Waals surface area (Å²) >= 11 is 5.92. The third-order valence-corrected chi connectivity index (χ3v) is 6.57. The summed E-state index contributed by atoms with van der Waals surface area (Å²) in [5.74, 6) is -0.190. The first-order valence-corrected chi connectivity index (χ1v) is 11.8. The second-order valence-electron chi connectivity index (χ2n) is 7.30. The molecule has 3 rings (SSSR count). The third-order valence-electron chi connectivity index (χ3n) is 5.08. The fourth-order valence-electron chi connectivity index (χ4n) is 3.62. The Hall–Kier alpha value is -2.09. The van der Waals surface area contributed by atoms with Crippen LogP contribution in [-0.2, 0) is 21.4 Å². The normalized spacial score (nSPS) is 16.4. The maximum atomic E-state index is 13.1. The first-order valence-electron chi connectivity index (χ1n) is 9.56. The van der Waals surface area contributed by atoms with Gasteiger partial charge in [0.2, 0.25) is 15.9 Å². The molecule has 1 aliphatic heterocycles. The van der Waals surface area contributed by atoms with E-state index in [1.54, 1.807) is 36.1 Å². The number of carbonyl (C=O) groups is 1. The Bertz CT molecular complexity index is 927. The highest BCUT2D eigenvalue weighted by Gasteiger charge is 2.33. The molecule has 0 aromatic heterocycles. The van der Waals surface area contributed by atoms with E-state index in [0.717, 1.165) is 25.9 Å². The van der Waals surface area contributed by atoms with Crippen LogP contribution in [0.2, 0.25) is 5.02 Å². The van der Waals surface area contributed by atoms with Crippen LogP contribution in [0.5, 0.6) is 0 Å². The summed E-state index contributed by atoms with van der Waals surface area (Å²) in [6.07, 6.45) is 1.11. The molecule has 0 radical (unpaired) electrons. The van der Waals surface area contributed by atoms with Gasteiger partial charge in [0.15, 0.2) is 0 Å². The highest BCUT2D eigenvalue weighted by atomic mass is 35.5. The number of rotatable bonds is 6. The molecule has 1 heterocycles. The highest BCUT2D eigenvalue weighted by molar-refractivity contribution is 7.92. The summed E-state index contributed by atoms with van der Waals surface area (Å²) in [4.78, 5) is 17.1. The number of piperazine rings is 1. The fourth-order valence-corrected chi connectivity index (χ4v) is 4.92. The number of benzene rings is 2. The summed E-state index contributed by atoms with van der Waals surface area (Å²) < 4.78 is 26.0. The van der Waals surface area contributed by atoms with Gasteiger partial charge in [-0.15, -0.1) is 0 Å². The van der Waals surface area contributed by atoms with Crippen molar-refractivity contribution >= 4 is 33.2 Å². The Kier molecular flexibility index (Phi) is 6.82. The van der Waals surface area contributed by atoms with E-state index < -0.39 is 16.1 Å². The number of amides is 1. The molecule has 0 bridgehead atoms. The largest absolute Gasteiger partial charge is 0.338 e. The number of hydrogen-bond donors (Lipinski definition) is 0. The zero-order chi connectivity index (χ0) is 21.0. The van der Waals surface area contributed by atoms with Gasteiger partial charge < -0.3 is 4.90 Å². The number of anilines is 1. The first-order chi connectivity index (χ1) is 13.8. The Morgan fingerprint density at radius 2 is 1.62 bits per heavy atom. The topological polar surface area (TPSA) is 60.9 Å². The molecule has 0 aliphatic carbocycles. The monoisotopic (exact) mass is 435 g/mol. The van der Waals surface area contributed by atoms with Crippen molar-refractivity contribution in [3.8, 4) is 0 Å². The van der Waals surface area contributed by atoms with E-state index in [2.05, 4.69) is 17.0 Å². The minimum atomic E-state index is -3.63. The lowest BCUT2D eigenvalue weighted by Crippen LogP contribution is -2.55. The molecule has 2 aromatic carbocycles. The van der Waals surface area contributed by atoms with Crippen molar-refractivity contribution in [1.82, 2.24) is 9.80 Å². The minimum Gasteiger partial charge on any atom is -0.338 e. The molecule has 0 N–H and O–H groups in total. The van der Waals surface area contributed by atoms with Gasteiger partial charge in [-0.3, -0.25) is 14.0 Å². The fraction of sp³-hybridized carbons (Fsp3) is 0.381. The predicted molar refractivity (Wildman–Crippen MR) is 117 cm³/mol. The molecule has 1 atom stereocenters. The van der Waals surface area contributed by atoms with E-state index >= 15 is 0 Å². The summed E-state index contributed by atoms with van der Waals surface area (Å²) in [6, 6.07) is 15.9. The minimum absolute atomic E-state index is 0.190. The molecule has 2 aromatic rings. The van der Waals surface area contributed by atoms with Crippen molar-refractivity contribution in [2.75, 3.05) is 36.7 Å². The Morgan fingerprint density at radius 1 is 1.03 bits per heavy atom. The van der Waals surface area contributed by atoms with Crippen molar-refractivity contribution < 1.29 is 13.2 Å². The van der Waals surface area contributed by atoms with E-state index in [-0.39, 0.29) is 5.91 Å². The Labute approximate surface area is 177 Å². The van der Waals surface area contributed by atoms with Crippen molar-refractivity contribution in [1.29, 1.82) is 0 Å². The van der Waals surface area contributed by atoms with Crippen LogP contribution in [0.4, 0.5) is 5.69 Å². The van der Waals surface area contributed by atoms with Crippen LogP contribution in [0.3, 0.4) is 0 Å². The van der Waals surface area contributed by atoms with E-state index in [1.807, 2.05) is 18.2 Å². The molecule has 6 nitrogen and oxygen atoms in total. The smallest absolute Gasteiger partial charge is 0.246 e. The molecule has 1 unspecified atom stereocenters. The van der Waals surface area contributed by atoms with Gasteiger partial charge in [0.05, 0.1) is 11.9 Å². The summed E-state index contributed by atoms with van der Waals surface area (Å²) in [7, 11) is -3.63. The molecular formula is C21H26ClN3O3S. The number of sulfonamides is 1. The maximum absolute atomic E-state index is 13.1. The Balaban J connectivity index is 1.66. The van der Waals surface area contributed by atoms with E-state index in [0.29, 0.717) is 23.8 Å². The molecule has 1 amide bonds. The molecule has 0 saturated carbocycles. The molecule has 1 saturated heterocycles. The summed E-state index contributed by atoms with van der Waals surface area (Å²) in [5, 5.41) is 0.510. The quantitative estimate of drug-likeness (QED) is 0.700. The van der Waals surface area contributed by atoms with Gasteiger partial charge in [-0.05, 0) is 36.8 Å². The van der Waals surface area contributed by atoms with Gasteiger partial charge in [0.25, 0.3) is 0 Å². The molecule has 29 heavy (non-hydrogen) atoms. The number of halogens is 1. The van der Waals surface area contributed by atoms with Crippen LogP contribution in [0, 0.1) is 0 Å². The molecule has 8 heteroatoms. The number of nitrogens with zero attached hydrogens (tertiary/aromatic N) is 3. The molecule has 1 aliphatic rings. The second kappa shape index (κ2) is 9.15. The molecule has 1 fully saturated rings. The van der Waals surface area contributed by atoms with Crippen molar-refractivity contribution in [2.45, 2.75) is 19.5 Å². The van der Waals surface area contributed by atoms with Gasteiger partial charge in [-0.25, -0.2) is 8.42 Å². The van der Waals surface area contributed by atoms with E-state index in [9.17, 15) is 13.2 Å². The lowest BCUT2D eigenvalue weighted by Gasteiger charge is -2.38. The average Bonchev–Trinajstić information content (AvgIpc) is 2.69. The number of carbonyl (C=O) groups excluding carboxylic acids is 1. The molecular weight excluding hydrogens is 410 g/mol. The van der Waals surface area contributed by atoms with Crippen molar-refractivity contribution in [3.63, 3.8) is 0 Å². The van der Waals surface area contributed by atoms with Gasteiger partial charge in [-0.1, -0.05) is 41.9 Å². The Morgan fingerprint density at radius 3 is 2.17 bits per heavy atom. The molecule has 156 valence electrons. The second-order valence-corrected chi connectivity index (χ2v) is 9.59. The van der Waals surface area contributed by atoms with Crippen LogP contribution < -0.4 is 4.31 Å². The van der Waals surface area contributed by atoms with Gasteiger partial charge in [0.1, 0.15) is 6.04 Å². The van der Waals surface area contributed by atoms with Crippen LogP contribution >= 0.6 is 11.6 Å². The highest BCUT2D eigenvalue weighted by Crippen LogP contribution is 2.24. The predicted octanol–water partition coefficient (Wildman–Crippen LogP) is 2.84. The van der Waals surface area contributed by atoms with Crippen molar-refractivity contribution in [2.24, 2.45) is 0 Å². The number of hydrogen-bond acceptors (Lipinski definition) is 4. The van der Waals surface area contributed by atoms with Gasteiger partial charge in [0, 0.05) is 37.7 Å². The molecule has 0 spiro atoms. The van der Waals surface area contributed by atoms with Crippen molar-refractivity contribution in [3.05, 3.63) is 65.2 Å².